The zero-order valence-corrected chi connectivity index (χ0v) is 12.2. The third-order valence-electron chi connectivity index (χ3n) is 2.53. The van der Waals surface area contributed by atoms with Gasteiger partial charge in [-0.05, 0) is 37.6 Å². The standard InChI is InChI=1S/C13H13BrN4O/c1-8-7-12(17-15-8)13(19)18-16-9(2)10-3-5-11(14)6-4-10/h3-7H,1-2H3,(H,15,17)(H,18,19)/b16-9-. The number of hydrogen-bond acceptors (Lipinski definition) is 3. The molecule has 2 rings (SSSR count). The summed E-state index contributed by atoms with van der Waals surface area (Å²) in [6.07, 6.45) is 0. The van der Waals surface area contributed by atoms with Crippen LogP contribution in [0.25, 0.3) is 0 Å². The van der Waals surface area contributed by atoms with Gasteiger partial charge in [-0.15, -0.1) is 0 Å². The Labute approximate surface area is 119 Å². The quantitative estimate of drug-likeness (QED) is 0.674. The van der Waals surface area contributed by atoms with Gasteiger partial charge in [-0.1, -0.05) is 28.1 Å². The molecule has 0 aliphatic rings. The van der Waals surface area contributed by atoms with Crippen LogP contribution in [0.4, 0.5) is 0 Å². The molecule has 0 fully saturated rings. The molecule has 0 radical (unpaired) electrons. The molecule has 1 aromatic carbocycles. The fourth-order valence-electron chi connectivity index (χ4n) is 1.48. The van der Waals surface area contributed by atoms with Gasteiger partial charge in [0, 0.05) is 10.2 Å². The van der Waals surface area contributed by atoms with E-state index in [0.29, 0.717) is 5.69 Å². The highest BCUT2D eigenvalue weighted by molar-refractivity contribution is 9.10. The normalized spacial score (nSPS) is 11.4. The highest BCUT2D eigenvalue weighted by Gasteiger charge is 2.08. The van der Waals surface area contributed by atoms with Gasteiger partial charge in [-0.25, -0.2) is 5.43 Å². The van der Waals surface area contributed by atoms with Crippen LogP contribution in [-0.2, 0) is 0 Å². The molecule has 2 N–H and O–H groups in total. The molecule has 0 saturated carbocycles. The largest absolute Gasteiger partial charge is 0.291 e. The molecule has 0 aliphatic carbocycles. The van der Waals surface area contributed by atoms with E-state index in [0.717, 1.165) is 21.4 Å². The molecule has 1 aromatic heterocycles. The Morgan fingerprint density at radius 2 is 2.05 bits per heavy atom. The van der Waals surface area contributed by atoms with E-state index in [1.54, 1.807) is 6.07 Å². The van der Waals surface area contributed by atoms with Crippen LogP contribution in [0, 0.1) is 6.92 Å². The molecule has 2 aromatic rings. The lowest BCUT2D eigenvalue weighted by Crippen LogP contribution is -2.19. The van der Waals surface area contributed by atoms with Crippen LogP contribution in [-0.4, -0.2) is 21.8 Å². The minimum absolute atomic E-state index is 0.324. The SMILES string of the molecule is C/C(=N/NC(=O)c1cc(C)[nH]n1)c1ccc(Br)cc1. The summed E-state index contributed by atoms with van der Waals surface area (Å²) in [5.41, 5.74) is 5.31. The van der Waals surface area contributed by atoms with E-state index in [1.165, 1.54) is 0 Å². The number of carbonyl (C=O) groups excluding carboxylic acids is 1. The number of aromatic nitrogens is 2. The van der Waals surface area contributed by atoms with E-state index in [4.69, 9.17) is 0 Å². The van der Waals surface area contributed by atoms with Crippen LogP contribution in [0.1, 0.15) is 28.7 Å². The number of hydrogen-bond donors (Lipinski definition) is 2. The van der Waals surface area contributed by atoms with Gasteiger partial charge in [0.15, 0.2) is 5.69 Å². The molecular weight excluding hydrogens is 308 g/mol. The molecule has 1 amide bonds. The monoisotopic (exact) mass is 320 g/mol. The molecule has 0 spiro atoms. The predicted molar refractivity (Wildman–Crippen MR) is 77.1 cm³/mol. The molecule has 5 nitrogen and oxygen atoms in total. The maximum Gasteiger partial charge on any atom is 0.291 e. The number of aromatic amines is 1. The highest BCUT2D eigenvalue weighted by Crippen LogP contribution is 2.11. The number of benzene rings is 1. The predicted octanol–water partition coefficient (Wildman–Crippen LogP) is 2.63. The van der Waals surface area contributed by atoms with Crippen LogP contribution >= 0.6 is 15.9 Å². The molecule has 19 heavy (non-hydrogen) atoms. The first-order valence-corrected chi connectivity index (χ1v) is 6.48. The fraction of sp³-hybridized carbons (Fsp3) is 0.154. The third-order valence-corrected chi connectivity index (χ3v) is 3.05. The van der Waals surface area contributed by atoms with Gasteiger partial charge in [-0.2, -0.15) is 10.2 Å². The minimum Gasteiger partial charge on any atom is -0.282 e. The first-order valence-electron chi connectivity index (χ1n) is 5.69. The van der Waals surface area contributed by atoms with Crippen molar-refractivity contribution in [2.75, 3.05) is 0 Å². The molecule has 0 bridgehead atoms. The van der Waals surface area contributed by atoms with Crippen molar-refractivity contribution in [1.29, 1.82) is 0 Å². The van der Waals surface area contributed by atoms with Crippen LogP contribution in [0.2, 0.25) is 0 Å². The van der Waals surface area contributed by atoms with E-state index >= 15 is 0 Å². The van der Waals surface area contributed by atoms with E-state index in [2.05, 4.69) is 36.7 Å². The molecule has 0 aliphatic heterocycles. The van der Waals surface area contributed by atoms with Crippen molar-refractivity contribution in [3.8, 4) is 0 Å². The summed E-state index contributed by atoms with van der Waals surface area (Å²) >= 11 is 3.37. The number of halogens is 1. The number of nitrogens with zero attached hydrogens (tertiary/aromatic N) is 2. The molecular formula is C13H13BrN4O. The molecule has 6 heteroatoms. The topological polar surface area (TPSA) is 70.1 Å². The minimum atomic E-state index is -0.333. The number of H-pyrrole nitrogens is 1. The van der Waals surface area contributed by atoms with Gasteiger partial charge >= 0.3 is 0 Å². The number of carbonyl (C=O) groups is 1. The number of hydrazone groups is 1. The van der Waals surface area contributed by atoms with Crippen molar-refractivity contribution in [3.05, 3.63) is 51.8 Å². The Hall–Kier alpha value is -1.95. The van der Waals surface area contributed by atoms with E-state index in [-0.39, 0.29) is 5.91 Å². The maximum absolute atomic E-state index is 11.7. The Kier molecular flexibility index (Phi) is 4.11. The summed E-state index contributed by atoms with van der Waals surface area (Å²) in [5, 5.41) is 10.6. The van der Waals surface area contributed by atoms with Crippen molar-refractivity contribution in [3.63, 3.8) is 0 Å². The third kappa shape index (κ3) is 3.51. The maximum atomic E-state index is 11.7. The molecule has 0 unspecified atom stereocenters. The second kappa shape index (κ2) is 5.79. The summed E-state index contributed by atoms with van der Waals surface area (Å²) in [6.45, 7) is 3.67. The molecule has 0 saturated heterocycles. The molecule has 98 valence electrons. The number of nitrogens with one attached hydrogen (secondary N) is 2. The Morgan fingerprint density at radius 3 is 2.63 bits per heavy atom. The van der Waals surface area contributed by atoms with Gasteiger partial charge in [-0.3, -0.25) is 9.89 Å². The van der Waals surface area contributed by atoms with Crippen LogP contribution in [0.3, 0.4) is 0 Å². The van der Waals surface area contributed by atoms with Gasteiger partial charge in [0.2, 0.25) is 0 Å². The zero-order valence-electron chi connectivity index (χ0n) is 10.6. The Morgan fingerprint density at radius 1 is 1.37 bits per heavy atom. The van der Waals surface area contributed by atoms with Crippen molar-refractivity contribution in [2.45, 2.75) is 13.8 Å². The average Bonchev–Trinajstić information content (AvgIpc) is 2.83. The van der Waals surface area contributed by atoms with Crippen molar-refractivity contribution in [2.24, 2.45) is 5.10 Å². The van der Waals surface area contributed by atoms with Crippen molar-refractivity contribution < 1.29 is 4.79 Å². The number of aryl methyl sites for hydroxylation is 1. The molecule has 1 heterocycles. The summed E-state index contributed by atoms with van der Waals surface area (Å²) in [5.74, 6) is -0.333. The summed E-state index contributed by atoms with van der Waals surface area (Å²) < 4.78 is 1.00. The lowest BCUT2D eigenvalue weighted by Gasteiger charge is -2.01. The fourth-order valence-corrected chi connectivity index (χ4v) is 1.75. The first-order chi connectivity index (χ1) is 9.06. The lowest BCUT2D eigenvalue weighted by atomic mass is 10.1. The van der Waals surface area contributed by atoms with E-state index < -0.39 is 0 Å². The second-order valence-electron chi connectivity index (χ2n) is 4.08. The van der Waals surface area contributed by atoms with Crippen LogP contribution < -0.4 is 5.43 Å². The van der Waals surface area contributed by atoms with Gasteiger partial charge in [0.25, 0.3) is 5.91 Å². The van der Waals surface area contributed by atoms with E-state index in [9.17, 15) is 4.79 Å². The zero-order chi connectivity index (χ0) is 13.8. The Balaban J connectivity index is 2.06. The van der Waals surface area contributed by atoms with E-state index in [1.807, 2.05) is 38.1 Å². The summed E-state index contributed by atoms with van der Waals surface area (Å²) in [4.78, 5) is 11.7. The Bertz CT molecular complexity index is 616. The van der Waals surface area contributed by atoms with Crippen molar-refractivity contribution in [1.82, 2.24) is 15.6 Å². The molecule has 0 atom stereocenters. The second-order valence-corrected chi connectivity index (χ2v) is 5.00. The number of amides is 1. The van der Waals surface area contributed by atoms with Crippen LogP contribution in [0.15, 0.2) is 39.9 Å². The summed E-state index contributed by atoms with van der Waals surface area (Å²) in [7, 11) is 0. The van der Waals surface area contributed by atoms with Gasteiger partial charge in [0.05, 0.1) is 5.71 Å². The number of rotatable bonds is 3. The average molecular weight is 321 g/mol. The van der Waals surface area contributed by atoms with Gasteiger partial charge < -0.3 is 0 Å². The highest BCUT2D eigenvalue weighted by atomic mass is 79.9. The van der Waals surface area contributed by atoms with Crippen molar-refractivity contribution >= 4 is 27.5 Å². The summed E-state index contributed by atoms with van der Waals surface area (Å²) in [6, 6.07) is 9.36. The van der Waals surface area contributed by atoms with Gasteiger partial charge in [0.1, 0.15) is 0 Å². The lowest BCUT2D eigenvalue weighted by molar-refractivity contribution is 0.0950. The van der Waals surface area contributed by atoms with Crippen LogP contribution in [0.5, 0.6) is 0 Å². The smallest absolute Gasteiger partial charge is 0.282 e. The first kappa shape index (κ1) is 13.5.